The van der Waals surface area contributed by atoms with Gasteiger partial charge in [0.1, 0.15) is 12.4 Å². The summed E-state index contributed by atoms with van der Waals surface area (Å²) in [5.41, 5.74) is 7.23. The van der Waals surface area contributed by atoms with Crippen LogP contribution in [0.25, 0.3) is 0 Å². The van der Waals surface area contributed by atoms with Crippen LogP contribution in [0.5, 0.6) is 5.75 Å². The Balaban J connectivity index is 1.79. The number of hydrogen-bond donors (Lipinski definition) is 2. The Morgan fingerprint density at radius 1 is 0.974 bits per heavy atom. The van der Waals surface area contributed by atoms with Gasteiger partial charge in [-0.3, -0.25) is 15.0 Å². The van der Waals surface area contributed by atoms with Crippen LogP contribution in [0.3, 0.4) is 0 Å². The summed E-state index contributed by atoms with van der Waals surface area (Å²) in [6.45, 7) is 12.3. The number of benzene rings is 3. The molecule has 1 heterocycles. The van der Waals surface area contributed by atoms with Crippen molar-refractivity contribution in [2.24, 2.45) is 5.41 Å². The first kappa shape index (κ1) is 27.4. The zero-order valence-electron chi connectivity index (χ0n) is 22.9. The van der Waals surface area contributed by atoms with Crippen molar-refractivity contribution in [1.29, 1.82) is 0 Å². The van der Waals surface area contributed by atoms with Crippen molar-refractivity contribution in [2.75, 3.05) is 13.2 Å². The number of ether oxygens (including phenoxy) is 1. The second-order valence-electron chi connectivity index (χ2n) is 10.9. The molecular weight excluding hydrogens is 479 g/mol. The number of amides is 2. The van der Waals surface area contributed by atoms with E-state index in [0.29, 0.717) is 27.9 Å². The first-order valence-corrected chi connectivity index (χ1v) is 12.8. The molecule has 0 saturated carbocycles. The third-order valence-electron chi connectivity index (χ3n) is 6.66. The van der Waals surface area contributed by atoms with Gasteiger partial charge in [0.2, 0.25) is 0 Å². The van der Waals surface area contributed by atoms with Crippen LogP contribution in [0.1, 0.15) is 69.8 Å². The molecule has 3 aromatic rings. The molecular formula is C30H35BN2O5. The van der Waals surface area contributed by atoms with Crippen molar-refractivity contribution in [1.82, 2.24) is 10.4 Å². The standard InChI is InChI=1S/C30H35BN2O5/c1-19-16-20(2)18-23(17-19)29(35)33(27(30(4,5)6)22-10-8-7-9-11-22)32-28(34)24-12-13-25-26(21(24)3)37-14-15-38-31(25)36/h7-13,16-18,27,36H,14-15H2,1-6H3,(H,32,34). The lowest BCUT2D eigenvalue weighted by molar-refractivity contribution is 0.0288. The molecule has 1 unspecified atom stereocenters. The van der Waals surface area contributed by atoms with Gasteiger partial charge in [0, 0.05) is 22.2 Å². The largest absolute Gasteiger partial charge is 0.495 e. The predicted octanol–water partition coefficient (Wildman–Crippen LogP) is 4.28. The van der Waals surface area contributed by atoms with Gasteiger partial charge < -0.3 is 14.4 Å². The molecule has 7 nitrogen and oxygen atoms in total. The van der Waals surface area contributed by atoms with Crippen molar-refractivity contribution in [3.63, 3.8) is 0 Å². The first-order chi connectivity index (χ1) is 18.0. The van der Waals surface area contributed by atoms with Gasteiger partial charge in [-0.1, -0.05) is 74.4 Å². The van der Waals surface area contributed by atoms with Crippen molar-refractivity contribution in [3.8, 4) is 5.75 Å². The average Bonchev–Trinajstić information content (AvgIpc) is 3.04. The zero-order chi connectivity index (χ0) is 27.6. The summed E-state index contributed by atoms with van der Waals surface area (Å²) in [5, 5.41) is 11.8. The van der Waals surface area contributed by atoms with Crippen LogP contribution in [-0.4, -0.2) is 42.2 Å². The minimum absolute atomic E-state index is 0.235. The smallest absolute Gasteiger partial charge is 0.491 e. The molecule has 0 radical (unpaired) electrons. The molecule has 1 aliphatic rings. The predicted molar refractivity (Wildman–Crippen MR) is 148 cm³/mol. The van der Waals surface area contributed by atoms with Crippen LogP contribution in [0.4, 0.5) is 0 Å². The number of carbonyl (C=O) groups excluding carboxylic acids is 2. The van der Waals surface area contributed by atoms with Crippen LogP contribution >= 0.6 is 0 Å². The lowest BCUT2D eigenvalue weighted by Crippen LogP contribution is -2.52. The number of rotatable bonds is 4. The molecule has 4 rings (SSSR count). The highest BCUT2D eigenvalue weighted by atomic mass is 16.6. The normalized spacial score (nSPS) is 14.1. The van der Waals surface area contributed by atoms with Crippen LogP contribution in [0, 0.1) is 26.2 Å². The number of hydrogen-bond acceptors (Lipinski definition) is 5. The van der Waals surface area contributed by atoms with Gasteiger partial charge in [0.05, 0.1) is 12.6 Å². The molecule has 3 aromatic carbocycles. The Kier molecular flexibility index (Phi) is 7.95. The first-order valence-electron chi connectivity index (χ1n) is 12.8. The molecule has 0 aromatic heterocycles. The van der Waals surface area contributed by atoms with E-state index in [1.807, 2.05) is 83.1 Å². The summed E-state index contributed by atoms with van der Waals surface area (Å²) in [6, 6.07) is 18.2. The van der Waals surface area contributed by atoms with Gasteiger partial charge in [-0.2, -0.15) is 0 Å². The minimum atomic E-state index is -1.13. The number of carbonyl (C=O) groups is 2. The van der Waals surface area contributed by atoms with Gasteiger partial charge in [0.15, 0.2) is 0 Å². The average molecular weight is 514 g/mol. The maximum Gasteiger partial charge on any atom is 0.495 e. The topological polar surface area (TPSA) is 88.1 Å². The Labute approximate surface area is 224 Å². The van der Waals surface area contributed by atoms with Gasteiger partial charge in [-0.25, -0.2) is 5.01 Å². The third kappa shape index (κ3) is 5.77. The van der Waals surface area contributed by atoms with E-state index in [0.717, 1.165) is 16.7 Å². The molecule has 0 saturated heterocycles. The van der Waals surface area contributed by atoms with Crippen LogP contribution in [0.15, 0.2) is 60.7 Å². The summed E-state index contributed by atoms with van der Waals surface area (Å²) >= 11 is 0. The van der Waals surface area contributed by atoms with E-state index in [9.17, 15) is 14.6 Å². The third-order valence-corrected chi connectivity index (χ3v) is 6.66. The summed E-state index contributed by atoms with van der Waals surface area (Å²) < 4.78 is 11.2. The van der Waals surface area contributed by atoms with Crippen molar-refractivity contribution in [2.45, 2.75) is 47.6 Å². The maximum absolute atomic E-state index is 14.1. The molecule has 0 fully saturated rings. The van der Waals surface area contributed by atoms with Crippen molar-refractivity contribution in [3.05, 3.63) is 94.0 Å². The SMILES string of the molecule is Cc1cc(C)cc(C(=O)N(NC(=O)c2ccc3c(c2C)OCCOB3O)C(c2ccccc2)C(C)(C)C)c1. The van der Waals surface area contributed by atoms with Gasteiger partial charge in [-0.05, 0) is 49.9 Å². The summed E-state index contributed by atoms with van der Waals surface area (Å²) in [4.78, 5) is 27.9. The second-order valence-corrected chi connectivity index (χ2v) is 10.9. The fourth-order valence-electron chi connectivity index (χ4n) is 5.05. The van der Waals surface area contributed by atoms with Crippen LogP contribution in [0.2, 0.25) is 0 Å². The van der Waals surface area contributed by atoms with E-state index in [1.165, 1.54) is 5.01 Å². The van der Waals surface area contributed by atoms with Gasteiger partial charge in [-0.15, -0.1) is 0 Å². The quantitative estimate of drug-likeness (QED) is 0.401. The van der Waals surface area contributed by atoms with Crippen LogP contribution < -0.4 is 15.6 Å². The monoisotopic (exact) mass is 514 g/mol. The van der Waals surface area contributed by atoms with Crippen molar-refractivity contribution < 1.29 is 24.0 Å². The number of aryl methyl sites for hydroxylation is 2. The Morgan fingerprint density at radius 3 is 2.26 bits per heavy atom. The van der Waals surface area contributed by atoms with Gasteiger partial charge >= 0.3 is 7.12 Å². The number of hydrazine groups is 1. The Morgan fingerprint density at radius 2 is 1.63 bits per heavy atom. The number of fused-ring (bicyclic) bond motifs is 1. The number of nitrogens with one attached hydrogen (secondary N) is 1. The van der Waals surface area contributed by atoms with Crippen LogP contribution in [-0.2, 0) is 4.65 Å². The highest BCUT2D eigenvalue weighted by molar-refractivity contribution is 6.61. The second kappa shape index (κ2) is 11.0. The summed E-state index contributed by atoms with van der Waals surface area (Å²) in [7, 11) is -1.13. The highest BCUT2D eigenvalue weighted by Crippen LogP contribution is 2.38. The summed E-state index contributed by atoms with van der Waals surface area (Å²) in [5.74, 6) is -0.330. The minimum Gasteiger partial charge on any atom is -0.491 e. The Bertz CT molecular complexity index is 1320. The molecule has 2 N–H and O–H groups in total. The molecule has 2 amide bonds. The fourth-order valence-corrected chi connectivity index (χ4v) is 5.05. The molecule has 0 bridgehead atoms. The van der Waals surface area contributed by atoms with E-state index in [1.54, 1.807) is 19.1 Å². The molecule has 38 heavy (non-hydrogen) atoms. The maximum atomic E-state index is 14.1. The highest BCUT2D eigenvalue weighted by Gasteiger charge is 2.37. The van der Waals surface area contributed by atoms with Crippen molar-refractivity contribution >= 4 is 24.4 Å². The zero-order valence-corrected chi connectivity index (χ0v) is 22.9. The van der Waals surface area contributed by atoms with E-state index < -0.39 is 24.5 Å². The molecule has 0 aliphatic carbocycles. The molecule has 0 spiro atoms. The van der Waals surface area contributed by atoms with E-state index >= 15 is 0 Å². The number of nitrogens with zero attached hydrogens (tertiary/aromatic N) is 1. The fraction of sp³-hybridized carbons (Fsp3) is 0.333. The van der Waals surface area contributed by atoms with E-state index in [4.69, 9.17) is 9.39 Å². The van der Waals surface area contributed by atoms with Gasteiger partial charge in [0.25, 0.3) is 11.8 Å². The lowest BCUT2D eigenvalue weighted by Gasteiger charge is -2.40. The Hall–Kier alpha value is -3.62. The van der Waals surface area contributed by atoms with E-state index in [2.05, 4.69) is 5.43 Å². The lowest BCUT2D eigenvalue weighted by atomic mass is 9.77. The summed E-state index contributed by atoms with van der Waals surface area (Å²) in [6.07, 6.45) is 0. The molecule has 8 heteroatoms. The molecule has 198 valence electrons. The van der Waals surface area contributed by atoms with E-state index in [-0.39, 0.29) is 19.1 Å². The molecule has 1 aliphatic heterocycles. The molecule has 1 atom stereocenters.